The Morgan fingerprint density at radius 2 is 2.12 bits per heavy atom. The van der Waals surface area contributed by atoms with E-state index in [0.29, 0.717) is 0 Å². The van der Waals surface area contributed by atoms with E-state index in [2.05, 4.69) is 21.7 Å². The lowest BCUT2D eigenvalue weighted by Gasteiger charge is -2.28. The summed E-state index contributed by atoms with van der Waals surface area (Å²) in [4.78, 5) is 14.9. The molecule has 2 aliphatic heterocycles. The third-order valence-electron chi connectivity index (χ3n) is 5.18. The van der Waals surface area contributed by atoms with Crippen LogP contribution in [0.25, 0.3) is 0 Å². The molecule has 2 unspecified atom stereocenters. The van der Waals surface area contributed by atoms with Crippen LogP contribution in [0.1, 0.15) is 37.0 Å². The summed E-state index contributed by atoms with van der Waals surface area (Å²) < 4.78 is 15.6. The molecule has 0 spiro atoms. The van der Waals surface area contributed by atoms with E-state index in [0.717, 1.165) is 49.4 Å². The van der Waals surface area contributed by atoms with E-state index >= 15 is 0 Å². The molecule has 126 valence electrons. The van der Waals surface area contributed by atoms with Gasteiger partial charge in [-0.05, 0) is 30.5 Å². The van der Waals surface area contributed by atoms with Gasteiger partial charge in [0, 0.05) is 25.4 Å². The Labute approximate surface area is 140 Å². The van der Waals surface area contributed by atoms with Crippen molar-refractivity contribution in [3.8, 4) is 0 Å². The average molecular weight is 328 g/mol. The van der Waals surface area contributed by atoms with E-state index in [9.17, 15) is 9.18 Å². The van der Waals surface area contributed by atoms with Crippen LogP contribution in [0.2, 0.25) is 0 Å². The lowest BCUT2D eigenvalue weighted by Crippen LogP contribution is -2.43. The van der Waals surface area contributed by atoms with Crippen molar-refractivity contribution in [2.24, 2.45) is 0 Å². The molecule has 1 saturated heterocycles. The first kappa shape index (κ1) is 15.3. The summed E-state index contributed by atoms with van der Waals surface area (Å²) in [6.45, 7) is 2.85. The van der Waals surface area contributed by atoms with Crippen LogP contribution >= 0.6 is 0 Å². The Balaban J connectivity index is 1.56. The number of aromatic nitrogens is 3. The van der Waals surface area contributed by atoms with E-state index in [-0.39, 0.29) is 30.2 Å². The first-order valence-electron chi connectivity index (χ1n) is 8.62. The first-order valence-corrected chi connectivity index (χ1v) is 8.62. The van der Waals surface area contributed by atoms with Gasteiger partial charge in [-0.25, -0.2) is 4.39 Å². The highest BCUT2D eigenvalue weighted by atomic mass is 19.1. The summed E-state index contributed by atoms with van der Waals surface area (Å²) >= 11 is 0. The van der Waals surface area contributed by atoms with Crippen molar-refractivity contribution in [2.75, 3.05) is 0 Å². The molecule has 4 rings (SSSR count). The van der Waals surface area contributed by atoms with E-state index in [1.54, 1.807) is 6.07 Å². The topological polar surface area (TPSA) is 51.0 Å². The molecule has 2 aromatic rings. The molecule has 24 heavy (non-hydrogen) atoms. The minimum Gasteiger partial charge on any atom is -0.334 e. The molecular formula is C18H21FN4O. The molecule has 3 heterocycles. The van der Waals surface area contributed by atoms with E-state index in [1.165, 1.54) is 12.1 Å². The lowest BCUT2D eigenvalue weighted by atomic mass is 10.1. The molecule has 2 aliphatic rings. The third kappa shape index (κ3) is 2.60. The number of rotatable bonds is 3. The normalized spacial score (nSPS) is 22.3. The van der Waals surface area contributed by atoms with Gasteiger partial charge in [-0.1, -0.05) is 19.1 Å². The molecule has 5 nitrogen and oxygen atoms in total. The van der Waals surface area contributed by atoms with E-state index in [4.69, 9.17) is 0 Å². The molecule has 1 fully saturated rings. The summed E-state index contributed by atoms with van der Waals surface area (Å²) in [7, 11) is 0. The third-order valence-corrected chi connectivity index (χ3v) is 5.18. The number of hydrogen-bond acceptors (Lipinski definition) is 3. The molecule has 1 amide bonds. The standard InChI is InChI=1S/C18H21FN4O/c1-2-16-20-21-17-10-14-6-7-15(11-22(16)17)23(14)18(24)9-12-4-3-5-13(19)8-12/h3-5,8,14-15H,2,6-7,9-11H2,1H3. The van der Waals surface area contributed by atoms with Crippen LogP contribution in [0.3, 0.4) is 0 Å². The van der Waals surface area contributed by atoms with Crippen LogP contribution in [0.4, 0.5) is 4.39 Å². The fraction of sp³-hybridized carbons (Fsp3) is 0.500. The van der Waals surface area contributed by atoms with Crippen molar-refractivity contribution in [1.29, 1.82) is 0 Å². The molecular weight excluding hydrogens is 307 g/mol. The highest BCUT2D eigenvalue weighted by molar-refractivity contribution is 5.79. The zero-order chi connectivity index (χ0) is 16.7. The van der Waals surface area contributed by atoms with Gasteiger partial charge in [0.1, 0.15) is 17.5 Å². The summed E-state index contributed by atoms with van der Waals surface area (Å²) in [5.41, 5.74) is 0.734. The second kappa shape index (κ2) is 6.00. The molecule has 1 aromatic heterocycles. The van der Waals surface area contributed by atoms with Gasteiger partial charge >= 0.3 is 0 Å². The van der Waals surface area contributed by atoms with Crippen molar-refractivity contribution in [1.82, 2.24) is 19.7 Å². The molecule has 0 aliphatic carbocycles. The smallest absolute Gasteiger partial charge is 0.227 e. The highest BCUT2D eigenvalue weighted by Gasteiger charge is 2.40. The van der Waals surface area contributed by atoms with Crippen LogP contribution in [0.15, 0.2) is 24.3 Å². The van der Waals surface area contributed by atoms with Crippen molar-refractivity contribution in [3.63, 3.8) is 0 Å². The van der Waals surface area contributed by atoms with E-state index < -0.39 is 0 Å². The number of carbonyl (C=O) groups excluding carboxylic acids is 1. The fourth-order valence-corrected chi connectivity index (χ4v) is 4.08. The van der Waals surface area contributed by atoms with Crippen LogP contribution in [-0.2, 0) is 30.6 Å². The second-order valence-corrected chi connectivity index (χ2v) is 6.69. The molecule has 2 bridgehead atoms. The lowest BCUT2D eigenvalue weighted by molar-refractivity contribution is -0.133. The number of carbonyl (C=O) groups is 1. The number of hydrogen-bond donors (Lipinski definition) is 0. The molecule has 1 aromatic carbocycles. The summed E-state index contributed by atoms with van der Waals surface area (Å²) in [6.07, 6.45) is 3.89. The number of fused-ring (bicyclic) bond motifs is 3. The van der Waals surface area contributed by atoms with Crippen molar-refractivity contribution in [2.45, 2.75) is 57.7 Å². The van der Waals surface area contributed by atoms with Crippen molar-refractivity contribution < 1.29 is 9.18 Å². The first-order chi connectivity index (χ1) is 11.7. The van der Waals surface area contributed by atoms with Crippen molar-refractivity contribution >= 4 is 5.91 Å². The summed E-state index contributed by atoms with van der Waals surface area (Å²) in [5, 5.41) is 8.59. The molecule has 0 radical (unpaired) electrons. The predicted octanol–water partition coefficient (Wildman–Crippen LogP) is 2.14. The Morgan fingerprint density at radius 1 is 1.29 bits per heavy atom. The van der Waals surface area contributed by atoms with Gasteiger partial charge in [0.2, 0.25) is 5.91 Å². The number of benzene rings is 1. The fourth-order valence-electron chi connectivity index (χ4n) is 4.08. The van der Waals surface area contributed by atoms with Gasteiger partial charge in [0.25, 0.3) is 0 Å². The van der Waals surface area contributed by atoms with Gasteiger partial charge in [-0.15, -0.1) is 10.2 Å². The quantitative estimate of drug-likeness (QED) is 0.867. The van der Waals surface area contributed by atoms with E-state index in [1.807, 2.05) is 11.0 Å². The maximum absolute atomic E-state index is 13.4. The Morgan fingerprint density at radius 3 is 2.92 bits per heavy atom. The van der Waals surface area contributed by atoms with Crippen molar-refractivity contribution in [3.05, 3.63) is 47.3 Å². The molecule has 0 N–H and O–H groups in total. The maximum Gasteiger partial charge on any atom is 0.227 e. The molecule has 2 atom stereocenters. The van der Waals surface area contributed by atoms with Gasteiger partial charge in [-0.2, -0.15) is 0 Å². The highest BCUT2D eigenvalue weighted by Crippen LogP contribution is 2.32. The SMILES string of the molecule is CCc1nnc2n1CC1CCC(C2)N1C(=O)Cc1cccc(F)c1. The van der Waals surface area contributed by atoms with Crippen LogP contribution in [0, 0.1) is 5.82 Å². The van der Waals surface area contributed by atoms with Gasteiger partial charge in [0.15, 0.2) is 0 Å². The Bertz CT molecular complexity index is 772. The molecule has 0 saturated carbocycles. The second-order valence-electron chi connectivity index (χ2n) is 6.69. The van der Waals surface area contributed by atoms with Crippen LogP contribution in [-0.4, -0.2) is 37.7 Å². The average Bonchev–Trinajstić information content (AvgIpc) is 3.07. The number of amides is 1. The minimum atomic E-state index is -0.294. The zero-order valence-corrected chi connectivity index (χ0v) is 13.8. The monoisotopic (exact) mass is 328 g/mol. The Hall–Kier alpha value is -2.24. The summed E-state index contributed by atoms with van der Waals surface area (Å²) in [6, 6.07) is 6.70. The maximum atomic E-state index is 13.4. The zero-order valence-electron chi connectivity index (χ0n) is 13.8. The minimum absolute atomic E-state index is 0.0878. The predicted molar refractivity (Wildman–Crippen MR) is 86.9 cm³/mol. The number of aryl methyl sites for hydroxylation is 1. The summed E-state index contributed by atoms with van der Waals surface area (Å²) in [5.74, 6) is 1.78. The van der Waals surface area contributed by atoms with Gasteiger partial charge < -0.3 is 9.47 Å². The molecule has 6 heteroatoms. The van der Waals surface area contributed by atoms with Gasteiger partial charge in [-0.3, -0.25) is 4.79 Å². The largest absolute Gasteiger partial charge is 0.334 e. The van der Waals surface area contributed by atoms with Gasteiger partial charge in [0.05, 0.1) is 12.5 Å². The number of halogens is 1. The van der Waals surface area contributed by atoms with Crippen LogP contribution in [0.5, 0.6) is 0 Å². The number of nitrogens with zero attached hydrogens (tertiary/aromatic N) is 4. The van der Waals surface area contributed by atoms with Crippen LogP contribution < -0.4 is 0 Å². The Kier molecular flexibility index (Phi) is 3.82.